The van der Waals surface area contributed by atoms with Crippen LogP contribution in [0.5, 0.6) is 0 Å². The molecule has 5 rings (SSSR count). The molecule has 4 heteroatoms. The largest absolute Gasteiger partial charge is 1.00 e. The monoisotopic (exact) mass is 496 g/mol. The third-order valence-corrected chi connectivity index (χ3v) is 7.43. The predicted octanol–water partition coefficient (Wildman–Crippen LogP) is 0.694. The summed E-state index contributed by atoms with van der Waals surface area (Å²) in [7, 11) is 0. The molecule has 4 aromatic rings. The van der Waals surface area contributed by atoms with E-state index in [1.807, 2.05) is 0 Å². The first-order valence-corrected chi connectivity index (χ1v) is 12.0. The van der Waals surface area contributed by atoms with Crippen LogP contribution in [-0.2, 0) is 22.9 Å². The zero-order valence-electron chi connectivity index (χ0n) is 18.5. The minimum atomic E-state index is -0.725. The van der Waals surface area contributed by atoms with Gasteiger partial charge in [-0.25, -0.2) is 0 Å². The Hall–Kier alpha value is -1.61. The van der Waals surface area contributed by atoms with Gasteiger partial charge in [0, 0.05) is 0 Å². The number of halogens is 2. The van der Waals surface area contributed by atoms with Crippen LogP contribution in [0.3, 0.4) is 0 Å². The van der Waals surface area contributed by atoms with Crippen molar-refractivity contribution >= 4 is 14.6 Å². The Kier molecular flexibility index (Phi) is 7.91. The molecule has 4 aromatic carbocycles. The summed E-state index contributed by atoms with van der Waals surface area (Å²) in [5.41, 5.74) is 7.16. The first-order valence-electron chi connectivity index (χ1n) is 10.6. The molecule has 0 atom stereocenters. The zero-order chi connectivity index (χ0) is 20.7. The Balaban J connectivity index is 0.00000144. The second-order valence-corrected chi connectivity index (χ2v) is 10.9. The molecule has 0 N–H and O–H groups in total. The van der Waals surface area contributed by atoms with Crippen LogP contribution in [0.1, 0.15) is 43.4 Å². The Morgan fingerprint density at radius 1 is 0.688 bits per heavy atom. The summed E-state index contributed by atoms with van der Waals surface area (Å²) in [6.07, 6.45) is 0. The van der Waals surface area contributed by atoms with Crippen LogP contribution < -0.4 is 28.7 Å². The minimum Gasteiger partial charge on any atom is -1.00 e. The van der Waals surface area contributed by atoms with E-state index in [0.717, 1.165) is 6.61 Å². The van der Waals surface area contributed by atoms with Crippen molar-refractivity contribution in [1.29, 1.82) is 0 Å². The zero-order valence-corrected chi connectivity index (χ0v) is 21.6. The Morgan fingerprint density at radius 3 is 1.88 bits per heavy atom. The van der Waals surface area contributed by atoms with Crippen molar-refractivity contribution in [1.82, 2.24) is 0 Å². The van der Waals surface area contributed by atoms with E-state index < -0.39 is 19.5 Å². The molecule has 0 unspecified atom stereocenters. The quantitative estimate of drug-likeness (QED) is 0.333. The topological polar surface area (TPSA) is 9.23 Å². The third kappa shape index (κ3) is 4.69. The maximum Gasteiger partial charge on any atom is -1.00 e. The summed E-state index contributed by atoms with van der Waals surface area (Å²) in [4.78, 5) is 0. The second kappa shape index (κ2) is 10.1. The fourth-order valence-corrected chi connectivity index (χ4v) is 6.54. The third-order valence-electron chi connectivity index (χ3n) is 5.79. The van der Waals surface area contributed by atoms with Crippen molar-refractivity contribution in [2.24, 2.45) is 5.41 Å². The molecule has 1 aliphatic carbocycles. The molecule has 1 nitrogen and oxygen atoms in total. The van der Waals surface area contributed by atoms with Crippen molar-refractivity contribution < 1.29 is 47.7 Å². The molecule has 0 aliphatic heterocycles. The van der Waals surface area contributed by atoms with Gasteiger partial charge < -0.3 is 24.8 Å². The van der Waals surface area contributed by atoms with E-state index in [4.69, 9.17) is 3.32 Å². The van der Waals surface area contributed by atoms with E-state index in [2.05, 4.69) is 106 Å². The van der Waals surface area contributed by atoms with Crippen molar-refractivity contribution in [3.8, 4) is 11.1 Å². The van der Waals surface area contributed by atoms with E-state index >= 15 is 0 Å². The summed E-state index contributed by atoms with van der Waals surface area (Å²) in [5.74, 6) is 0.277. The van der Waals surface area contributed by atoms with Crippen molar-refractivity contribution in [2.75, 3.05) is 6.61 Å². The molecule has 0 aromatic heterocycles. The molecule has 0 radical (unpaired) electrons. The Morgan fingerprint density at radius 2 is 1.25 bits per heavy atom. The van der Waals surface area contributed by atoms with E-state index in [-0.39, 0.29) is 36.1 Å². The Bertz CT molecular complexity index is 1180. The van der Waals surface area contributed by atoms with Crippen LogP contribution in [-0.4, -0.2) is 6.61 Å². The maximum absolute atomic E-state index is 6.39. The van der Waals surface area contributed by atoms with Crippen molar-refractivity contribution in [3.05, 3.63) is 102 Å². The molecule has 1 aliphatic rings. The fourth-order valence-electron chi connectivity index (χ4n) is 4.46. The van der Waals surface area contributed by atoms with Gasteiger partial charge in [-0.05, 0) is 0 Å². The molecule has 162 valence electrons. The van der Waals surface area contributed by atoms with Crippen molar-refractivity contribution in [3.63, 3.8) is 0 Å². The fraction of sp³-hybridized carbons (Fsp3) is 0.214. The summed E-state index contributed by atoms with van der Waals surface area (Å²) >= 11 is -0.725. The first kappa shape index (κ1) is 25.0. The van der Waals surface area contributed by atoms with Crippen LogP contribution in [0, 0.1) is 5.41 Å². The van der Waals surface area contributed by atoms with E-state index in [1.54, 1.807) is 0 Å². The molecule has 0 fully saturated rings. The van der Waals surface area contributed by atoms with Gasteiger partial charge >= 0.3 is 189 Å². The van der Waals surface area contributed by atoms with Crippen LogP contribution in [0.15, 0.2) is 84.9 Å². The van der Waals surface area contributed by atoms with Gasteiger partial charge in [-0.1, -0.05) is 0 Å². The molecule has 0 spiro atoms. The Labute approximate surface area is 212 Å². The van der Waals surface area contributed by atoms with Crippen LogP contribution >= 0.6 is 0 Å². The average Bonchev–Trinajstić information content (AvgIpc) is 3.07. The van der Waals surface area contributed by atoms with E-state index in [0.29, 0.717) is 0 Å². The van der Waals surface area contributed by atoms with Gasteiger partial charge in [0.25, 0.3) is 0 Å². The van der Waals surface area contributed by atoms with Gasteiger partial charge in [-0.2, -0.15) is 0 Å². The molecule has 0 saturated carbocycles. The smallest absolute Gasteiger partial charge is 1.00 e. The number of benzene rings is 4. The summed E-state index contributed by atoms with van der Waals surface area (Å²) < 4.78 is 7.83. The molecule has 0 heterocycles. The molecule has 32 heavy (non-hydrogen) atoms. The number of hydrogen-bond acceptors (Lipinski definition) is 1. The van der Waals surface area contributed by atoms with Gasteiger partial charge in [0.1, 0.15) is 0 Å². The minimum absolute atomic E-state index is 0. The van der Waals surface area contributed by atoms with Gasteiger partial charge in [-0.3, -0.25) is 0 Å². The number of fused-ring (bicyclic) bond motifs is 4. The van der Waals surface area contributed by atoms with E-state index in [9.17, 15) is 0 Å². The summed E-state index contributed by atoms with van der Waals surface area (Å²) in [5, 5.41) is 2.66. The number of rotatable bonds is 4. The number of hydrogen-bond donors (Lipinski definition) is 0. The van der Waals surface area contributed by atoms with Crippen LogP contribution in [0.4, 0.5) is 0 Å². The van der Waals surface area contributed by atoms with Crippen LogP contribution in [0.25, 0.3) is 21.9 Å². The summed E-state index contributed by atoms with van der Waals surface area (Å²) in [6.45, 7) is 7.53. The van der Waals surface area contributed by atoms with Gasteiger partial charge in [-0.15, -0.1) is 0 Å². The maximum atomic E-state index is 6.39. The molecule has 0 bridgehead atoms. The van der Waals surface area contributed by atoms with E-state index in [1.165, 1.54) is 42.5 Å². The SMILES string of the molecule is CC(C)(C)C[O][Ti+2][c]1c(C2c3ccccc3-c3ccccc32)ccc2ccccc12.[Cl-].[Cl-]. The van der Waals surface area contributed by atoms with Crippen molar-refractivity contribution in [2.45, 2.75) is 26.7 Å². The van der Waals surface area contributed by atoms with Gasteiger partial charge in [0.05, 0.1) is 0 Å². The van der Waals surface area contributed by atoms with Gasteiger partial charge in [0.15, 0.2) is 0 Å². The molecular formula is C28H26Cl2OTi. The van der Waals surface area contributed by atoms with Gasteiger partial charge in [0.2, 0.25) is 0 Å². The summed E-state index contributed by atoms with van der Waals surface area (Å²) in [6, 6.07) is 31.2. The molecule has 0 saturated heterocycles. The predicted molar refractivity (Wildman–Crippen MR) is 122 cm³/mol. The molecular weight excluding hydrogens is 471 g/mol. The second-order valence-electron chi connectivity index (χ2n) is 9.31. The average molecular weight is 497 g/mol. The first-order chi connectivity index (χ1) is 14.5. The van der Waals surface area contributed by atoms with Crippen LogP contribution in [0.2, 0.25) is 0 Å². The molecule has 0 amide bonds. The normalized spacial score (nSPS) is 12.3. The standard InChI is InChI=1S/C23H15.C5H11O.2ClH.Ti/c1-2-8-17-15-18(14-13-16(17)7-1)23-21-11-5-3-9-19(21)20-10-4-6-12-22(20)23;1-5(2,3)4-6;;;/h1-14,23H;4H2,1-3H3;2*1H;/q;-1;;;+3/p-2.